The molecule has 0 aliphatic rings. The van der Waals surface area contributed by atoms with Crippen LogP contribution in [0.4, 0.5) is 0 Å². The van der Waals surface area contributed by atoms with Crippen molar-refractivity contribution in [2.45, 2.75) is 13.8 Å². The molecule has 6 nitrogen and oxygen atoms in total. The normalized spacial score (nSPS) is 10.5. The van der Waals surface area contributed by atoms with Crippen LogP contribution in [0.3, 0.4) is 0 Å². The van der Waals surface area contributed by atoms with E-state index in [9.17, 15) is 9.59 Å². The largest absolute Gasteiger partial charge is 0.496 e. The number of benzene rings is 2. The molecular weight excluding hydrogens is 368 g/mol. The first-order chi connectivity index (χ1) is 12.9. The predicted molar refractivity (Wildman–Crippen MR) is 105 cm³/mol. The quantitative estimate of drug-likeness (QED) is 0.588. The lowest BCUT2D eigenvalue weighted by molar-refractivity contribution is -0.128. The smallest absolute Gasteiger partial charge is 0.276 e. The van der Waals surface area contributed by atoms with Gasteiger partial charge in [-0.15, -0.1) is 0 Å². The number of hydrogen-bond acceptors (Lipinski definition) is 4. The van der Waals surface area contributed by atoms with Crippen molar-refractivity contribution in [3.05, 3.63) is 64.2 Å². The van der Waals surface area contributed by atoms with E-state index < -0.39 is 11.8 Å². The van der Waals surface area contributed by atoms with Crippen LogP contribution in [0.15, 0.2) is 42.5 Å². The second-order valence-corrected chi connectivity index (χ2v) is 6.22. The van der Waals surface area contributed by atoms with Crippen LogP contribution < -0.4 is 20.3 Å². The lowest BCUT2D eigenvalue weighted by atomic mass is 10.1. The third-order valence-electron chi connectivity index (χ3n) is 3.62. The van der Waals surface area contributed by atoms with Gasteiger partial charge in [-0.1, -0.05) is 23.2 Å². The van der Waals surface area contributed by atoms with Gasteiger partial charge in [0.2, 0.25) is 0 Å². The summed E-state index contributed by atoms with van der Waals surface area (Å²) in [6, 6.07) is 10.7. The van der Waals surface area contributed by atoms with E-state index in [1.165, 1.54) is 6.08 Å². The average Bonchev–Trinajstić information content (AvgIpc) is 2.65. The highest BCUT2D eigenvalue weighted by molar-refractivity contribution is 6.31. The number of amides is 2. The number of methoxy groups -OCH3 is 1. The predicted octanol–water partition coefficient (Wildman–Crippen LogP) is 3.21. The number of hydrogen-bond donors (Lipinski definition) is 2. The topological polar surface area (TPSA) is 76.7 Å². The van der Waals surface area contributed by atoms with E-state index in [0.29, 0.717) is 16.5 Å². The molecule has 2 rings (SSSR count). The minimum Gasteiger partial charge on any atom is -0.496 e. The number of halogens is 1. The third kappa shape index (κ3) is 6.34. The summed E-state index contributed by atoms with van der Waals surface area (Å²) < 4.78 is 10.6. The maximum absolute atomic E-state index is 11.9. The first-order valence-corrected chi connectivity index (χ1v) is 8.57. The van der Waals surface area contributed by atoms with E-state index >= 15 is 0 Å². The van der Waals surface area contributed by atoms with Gasteiger partial charge in [0, 0.05) is 16.7 Å². The minimum atomic E-state index is -0.488. The van der Waals surface area contributed by atoms with Crippen LogP contribution in [0.25, 0.3) is 6.08 Å². The lowest BCUT2D eigenvalue weighted by Gasteiger charge is -2.09. The maximum atomic E-state index is 11.9. The number of nitrogens with one attached hydrogen (secondary N) is 2. The zero-order valence-corrected chi connectivity index (χ0v) is 16.1. The highest BCUT2D eigenvalue weighted by Crippen LogP contribution is 2.21. The third-order valence-corrected chi connectivity index (χ3v) is 4.05. The van der Waals surface area contributed by atoms with Crippen molar-refractivity contribution in [1.29, 1.82) is 0 Å². The van der Waals surface area contributed by atoms with Crippen LogP contribution in [0, 0.1) is 13.8 Å². The Morgan fingerprint density at radius 3 is 2.59 bits per heavy atom. The lowest BCUT2D eigenvalue weighted by Crippen LogP contribution is -2.43. The second-order valence-electron chi connectivity index (χ2n) is 5.82. The summed E-state index contributed by atoms with van der Waals surface area (Å²) in [5.41, 5.74) is 7.23. The van der Waals surface area contributed by atoms with Crippen molar-refractivity contribution in [3.8, 4) is 11.5 Å². The van der Waals surface area contributed by atoms with Crippen LogP contribution in [0.5, 0.6) is 11.5 Å². The summed E-state index contributed by atoms with van der Waals surface area (Å²) in [5.74, 6) is 0.205. The standard InChI is InChI=1S/C20H21ClN2O4/c1-13-4-8-18(26-3)15(10-13)5-9-19(24)22-23-20(25)12-27-16-6-7-17(21)14(2)11-16/h4-11H,12H2,1-3H3,(H,22,24)(H,23,25)/b9-5+. The molecule has 0 aliphatic heterocycles. The fourth-order valence-electron chi connectivity index (χ4n) is 2.21. The zero-order valence-electron chi connectivity index (χ0n) is 15.3. The Morgan fingerprint density at radius 1 is 1.11 bits per heavy atom. The molecule has 2 amide bonds. The molecule has 0 saturated carbocycles. The molecule has 0 atom stereocenters. The van der Waals surface area contributed by atoms with Crippen LogP contribution in [0.2, 0.25) is 5.02 Å². The molecule has 7 heteroatoms. The monoisotopic (exact) mass is 388 g/mol. The molecule has 27 heavy (non-hydrogen) atoms. The molecule has 2 aromatic carbocycles. The first kappa shape index (κ1) is 20.3. The highest BCUT2D eigenvalue weighted by atomic mass is 35.5. The molecule has 142 valence electrons. The Bertz CT molecular complexity index is 865. The van der Waals surface area contributed by atoms with E-state index in [2.05, 4.69) is 10.9 Å². The second kappa shape index (κ2) is 9.64. The van der Waals surface area contributed by atoms with Gasteiger partial charge in [0.15, 0.2) is 6.61 Å². The van der Waals surface area contributed by atoms with Crippen LogP contribution in [-0.4, -0.2) is 25.5 Å². The number of rotatable bonds is 6. The molecule has 0 saturated heterocycles. The Morgan fingerprint density at radius 2 is 1.89 bits per heavy atom. The van der Waals surface area contributed by atoms with Crippen molar-refractivity contribution >= 4 is 29.5 Å². The Kier molecular flexibility index (Phi) is 7.25. The van der Waals surface area contributed by atoms with E-state index in [0.717, 1.165) is 16.7 Å². The van der Waals surface area contributed by atoms with Crippen molar-refractivity contribution < 1.29 is 19.1 Å². The summed E-state index contributed by atoms with van der Waals surface area (Å²) in [5, 5.41) is 0.621. The average molecular weight is 389 g/mol. The maximum Gasteiger partial charge on any atom is 0.276 e. The fraction of sp³-hybridized carbons (Fsp3) is 0.200. The van der Waals surface area contributed by atoms with Gasteiger partial charge in [-0.25, -0.2) is 0 Å². The number of ether oxygens (including phenoxy) is 2. The van der Waals surface area contributed by atoms with Crippen LogP contribution in [-0.2, 0) is 9.59 Å². The number of aryl methyl sites for hydroxylation is 2. The van der Waals surface area contributed by atoms with Crippen LogP contribution in [0.1, 0.15) is 16.7 Å². The van der Waals surface area contributed by atoms with Gasteiger partial charge in [0.1, 0.15) is 11.5 Å². The summed E-state index contributed by atoms with van der Waals surface area (Å²) in [4.78, 5) is 23.6. The van der Waals surface area contributed by atoms with Gasteiger partial charge >= 0.3 is 0 Å². The van der Waals surface area contributed by atoms with E-state index in [-0.39, 0.29) is 6.61 Å². The minimum absolute atomic E-state index is 0.239. The zero-order chi connectivity index (χ0) is 19.8. The van der Waals surface area contributed by atoms with Crippen molar-refractivity contribution in [1.82, 2.24) is 10.9 Å². The van der Waals surface area contributed by atoms with Gasteiger partial charge in [0.05, 0.1) is 7.11 Å². The van der Waals surface area contributed by atoms with Crippen LogP contribution >= 0.6 is 11.6 Å². The van der Waals surface area contributed by atoms with Gasteiger partial charge in [-0.2, -0.15) is 0 Å². The molecule has 0 fully saturated rings. The van der Waals surface area contributed by atoms with Crippen molar-refractivity contribution in [3.63, 3.8) is 0 Å². The molecule has 2 aromatic rings. The van der Waals surface area contributed by atoms with Crippen molar-refractivity contribution in [2.75, 3.05) is 13.7 Å². The summed E-state index contributed by atoms with van der Waals surface area (Å²) in [6.45, 7) is 3.54. The molecule has 0 aromatic heterocycles. The summed E-state index contributed by atoms with van der Waals surface area (Å²) >= 11 is 5.93. The number of hydrazine groups is 1. The van der Waals surface area contributed by atoms with E-state index in [1.54, 1.807) is 31.4 Å². The molecular formula is C20H21ClN2O4. The van der Waals surface area contributed by atoms with Crippen molar-refractivity contribution in [2.24, 2.45) is 0 Å². The van der Waals surface area contributed by atoms with Gasteiger partial charge in [-0.3, -0.25) is 20.4 Å². The number of carbonyl (C=O) groups excluding carboxylic acids is 2. The highest BCUT2D eigenvalue weighted by Gasteiger charge is 2.06. The Labute approximate surface area is 163 Å². The number of carbonyl (C=O) groups is 2. The first-order valence-electron chi connectivity index (χ1n) is 8.19. The molecule has 2 N–H and O–H groups in total. The summed E-state index contributed by atoms with van der Waals surface area (Å²) in [7, 11) is 1.56. The molecule has 0 unspecified atom stereocenters. The fourth-order valence-corrected chi connectivity index (χ4v) is 2.33. The summed E-state index contributed by atoms with van der Waals surface area (Å²) in [6.07, 6.45) is 2.92. The van der Waals surface area contributed by atoms with Gasteiger partial charge in [-0.05, 0) is 55.8 Å². The molecule has 0 aliphatic carbocycles. The molecule has 0 spiro atoms. The SMILES string of the molecule is COc1ccc(C)cc1/C=C/C(=O)NNC(=O)COc1ccc(Cl)c(C)c1. The molecule has 0 radical (unpaired) electrons. The molecule has 0 bridgehead atoms. The van der Waals surface area contributed by atoms with Gasteiger partial charge in [0.25, 0.3) is 11.8 Å². The van der Waals surface area contributed by atoms with E-state index in [4.69, 9.17) is 21.1 Å². The Balaban J connectivity index is 1.81. The van der Waals surface area contributed by atoms with E-state index in [1.807, 2.05) is 32.0 Å². The Hall–Kier alpha value is -2.99. The van der Waals surface area contributed by atoms with Gasteiger partial charge < -0.3 is 9.47 Å². The molecule has 0 heterocycles.